The fourth-order valence-electron chi connectivity index (χ4n) is 2.52. The molecule has 0 fully saturated rings. The largest absolute Gasteiger partial charge is 0.327 e. The zero-order valence-electron chi connectivity index (χ0n) is 13.4. The minimum absolute atomic E-state index is 0.461. The molecule has 0 aliphatic carbocycles. The fraction of sp³-hybridized carbons (Fsp3) is 0.588. The summed E-state index contributed by atoms with van der Waals surface area (Å²) in [7, 11) is 0. The van der Waals surface area contributed by atoms with Crippen LogP contribution < -0.4 is 5.73 Å². The Hall–Kier alpha value is -1.35. The summed E-state index contributed by atoms with van der Waals surface area (Å²) in [4.78, 5) is 4.90. The van der Waals surface area contributed by atoms with Crippen LogP contribution in [0.1, 0.15) is 51.9 Å². The zero-order valence-corrected chi connectivity index (χ0v) is 13.4. The number of nitrogens with two attached hydrogens (primary N) is 1. The number of imidazole rings is 1. The van der Waals surface area contributed by atoms with Crippen molar-refractivity contribution in [3.05, 3.63) is 29.6 Å². The molecule has 3 heteroatoms. The Balaban J connectivity index is 2.59. The maximum atomic E-state index is 5.74. The summed E-state index contributed by atoms with van der Waals surface area (Å²) in [6.45, 7) is 12.9. The van der Waals surface area contributed by atoms with Gasteiger partial charge in [0, 0.05) is 19.0 Å². The number of benzene rings is 1. The lowest BCUT2D eigenvalue weighted by atomic mass is 9.97. The highest BCUT2D eigenvalue weighted by Gasteiger charge is 2.19. The van der Waals surface area contributed by atoms with Gasteiger partial charge in [0.2, 0.25) is 0 Å². The van der Waals surface area contributed by atoms with Crippen LogP contribution in [0, 0.1) is 11.8 Å². The SMILES string of the molecule is CC(C)Cn1c(C(C)C(C)C)nc2cc(CN)ccc21. The number of hydrogen-bond donors (Lipinski definition) is 1. The molecule has 0 aliphatic rings. The minimum Gasteiger partial charge on any atom is -0.327 e. The van der Waals surface area contributed by atoms with E-state index in [0.717, 1.165) is 17.6 Å². The minimum atomic E-state index is 0.461. The standard InChI is InChI=1S/C17H27N3/c1-11(2)10-20-16-7-6-14(9-18)8-15(16)19-17(20)13(5)12(3)4/h6-8,11-13H,9-10,18H2,1-5H3. The van der Waals surface area contributed by atoms with Crippen molar-refractivity contribution >= 4 is 11.0 Å². The maximum Gasteiger partial charge on any atom is 0.112 e. The normalized spacial score (nSPS) is 13.6. The van der Waals surface area contributed by atoms with Crippen molar-refractivity contribution in [2.24, 2.45) is 17.6 Å². The molecular formula is C17H27N3. The average molecular weight is 273 g/mol. The third-order valence-corrected chi connectivity index (χ3v) is 4.03. The first-order valence-electron chi connectivity index (χ1n) is 7.63. The molecule has 2 N–H and O–H groups in total. The van der Waals surface area contributed by atoms with Crippen LogP contribution in [0.2, 0.25) is 0 Å². The van der Waals surface area contributed by atoms with E-state index < -0.39 is 0 Å². The molecule has 2 rings (SSSR count). The van der Waals surface area contributed by atoms with E-state index in [9.17, 15) is 0 Å². The Morgan fingerprint density at radius 3 is 2.40 bits per heavy atom. The van der Waals surface area contributed by atoms with Crippen LogP contribution in [0.5, 0.6) is 0 Å². The van der Waals surface area contributed by atoms with Crippen LogP contribution in [0.25, 0.3) is 11.0 Å². The summed E-state index contributed by atoms with van der Waals surface area (Å²) in [6.07, 6.45) is 0. The zero-order chi connectivity index (χ0) is 14.9. The summed E-state index contributed by atoms with van der Waals surface area (Å²) in [5.74, 6) is 2.87. The quantitative estimate of drug-likeness (QED) is 0.897. The van der Waals surface area contributed by atoms with Gasteiger partial charge in [-0.1, -0.05) is 40.7 Å². The van der Waals surface area contributed by atoms with Crippen LogP contribution in [-0.4, -0.2) is 9.55 Å². The van der Waals surface area contributed by atoms with Crippen molar-refractivity contribution in [2.45, 2.75) is 53.6 Å². The molecule has 20 heavy (non-hydrogen) atoms. The average Bonchev–Trinajstić information content (AvgIpc) is 2.74. The summed E-state index contributed by atoms with van der Waals surface area (Å²) in [5, 5.41) is 0. The van der Waals surface area contributed by atoms with Gasteiger partial charge in [0.05, 0.1) is 11.0 Å². The van der Waals surface area contributed by atoms with Gasteiger partial charge >= 0.3 is 0 Å². The molecule has 2 aromatic rings. The molecule has 1 heterocycles. The van der Waals surface area contributed by atoms with Gasteiger partial charge in [-0.3, -0.25) is 0 Å². The van der Waals surface area contributed by atoms with Gasteiger partial charge in [-0.15, -0.1) is 0 Å². The van der Waals surface area contributed by atoms with E-state index in [1.807, 2.05) is 0 Å². The van der Waals surface area contributed by atoms with Gasteiger partial charge in [0.15, 0.2) is 0 Å². The number of fused-ring (bicyclic) bond motifs is 1. The van der Waals surface area contributed by atoms with E-state index in [4.69, 9.17) is 10.7 Å². The smallest absolute Gasteiger partial charge is 0.112 e. The highest BCUT2D eigenvalue weighted by molar-refractivity contribution is 5.77. The molecule has 0 bridgehead atoms. The molecule has 0 spiro atoms. The number of rotatable bonds is 5. The first-order chi connectivity index (χ1) is 9.43. The Labute approximate surface area is 122 Å². The Bertz CT molecular complexity index is 581. The topological polar surface area (TPSA) is 43.8 Å². The van der Waals surface area contributed by atoms with E-state index in [1.54, 1.807) is 0 Å². The molecule has 0 saturated heterocycles. The second-order valence-corrected chi connectivity index (χ2v) is 6.53. The molecule has 110 valence electrons. The van der Waals surface area contributed by atoms with Crippen molar-refractivity contribution in [1.82, 2.24) is 9.55 Å². The molecule has 0 amide bonds. The summed E-state index contributed by atoms with van der Waals surface area (Å²) in [5.41, 5.74) is 9.20. The van der Waals surface area contributed by atoms with E-state index in [1.165, 1.54) is 11.3 Å². The Kier molecular flexibility index (Phi) is 4.48. The molecular weight excluding hydrogens is 246 g/mol. The molecule has 1 unspecified atom stereocenters. The van der Waals surface area contributed by atoms with Gasteiger partial charge in [-0.25, -0.2) is 4.98 Å². The van der Waals surface area contributed by atoms with Gasteiger partial charge in [-0.2, -0.15) is 0 Å². The predicted octanol–water partition coefficient (Wildman–Crippen LogP) is 3.91. The second-order valence-electron chi connectivity index (χ2n) is 6.53. The van der Waals surface area contributed by atoms with Gasteiger partial charge in [-0.05, 0) is 29.5 Å². The summed E-state index contributed by atoms with van der Waals surface area (Å²) >= 11 is 0. The van der Waals surface area contributed by atoms with Crippen LogP contribution in [0.15, 0.2) is 18.2 Å². The highest BCUT2D eigenvalue weighted by Crippen LogP contribution is 2.28. The van der Waals surface area contributed by atoms with Crippen molar-refractivity contribution in [3.63, 3.8) is 0 Å². The fourth-order valence-corrected chi connectivity index (χ4v) is 2.52. The summed E-state index contributed by atoms with van der Waals surface area (Å²) in [6, 6.07) is 6.41. The molecule has 0 radical (unpaired) electrons. The number of nitrogens with zero attached hydrogens (tertiary/aromatic N) is 2. The first-order valence-corrected chi connectivity index (χ1v) is 7.63. The molecule has 1 aromatic heterocycles. The second kappa shape index (κ2) is 5.96. The molecule has 1 atom stereocenters. The highest BCUT2D eigenvalue weighted by atomic mass is 15.1. The third kappa shape index (κ3) is 2.88. The first kappa shape index (κ1) is 15.0. The molecule has 0 saturated carbocycles. The van der Waals surface area contributed by atoms with Crippen molar-refractivity contribution in [2.75, 3.05) is 0 Å². The van der Waals surface area contributed by atoms with E-state index in [2.05, 4.69) is 57.4 Å². The van der Waals surface area contributed by atoms with E-state index >= 15 is 0 Å². The van der Waals surface area contributed by atoms with Crippen LogP contribution in [0.4, 0.5) is 0 Å². The predicted molar refractivity (Wildman–Crippen MR) is 85.7 cm³/mol. The Morgan fingerprint density at radius 1 is 1.15 bits per heavy atom. The molecule has 0 aliphatic heterocycles. The van der Waals surface area contributed by atoms with Gasteiger partial charge in [0.25, 0.3) is 0 Å². The van der Waals surface area contributed by atoms with Crippen molar-refractivity contribution in [3.8, 4) is 0 Å². The van der Waals surface area contributed by atoms with E-state index in [0.29, 0.717) is 24.3 Å². The van der Waals surface area contributed by atoms with E-state index in [-0.39, 0.29) is 0 Å². The summed E-state index contributed by atoms with van der Waals surface area (Å²) < 4.78 is 2.39. The van der Waals surface area contributed by atoms with Crippen LogP contribution in [0.3, 0.4) is 0 Å². The van der Waals surface area contributed by atoms with Crippen LogP contribution in [-0.2, 0) is 13.1 Å². The van der Waals surface area contributed by atoms with Gasteiger partial charge in [0.1, 0.15) is 5.82 Å². The van der Waals surface area contributed by atoms with Crippen molar-refractivity contribution in [1.29, 1.82) is 0 Å². The van der Waals surface area contributed by atoms with Crippen LogP contribution >= 0.6 is 0 Å². The monoisotopic (exact) mass is 273 g/mol. The lowest BCUT2D eigenvalue weighted by molar-refractivity contribution is 0.455. The Morgan fingerprint density at radius 2 is 1.85 bits per heavy atom. The lowest BCUT2D eigenvalue weighted by Gasteiger charge is -2.19. The third-order valence-electron chi connectivity index (χ3n) is 4.03. The number of aromatic nitrogens is 2. The molecule has 3 nitrogen and oxygen atoms in total. The lowest BCUT2D eigenvalue weighted by Crippen LogP contribution is -2.14. The van der Waals surface area contributed by atoms with Crippen molar-refractivity contribution < 1.29 is 0 Å². The number of hydrogen-bond acceptors (Lipinski definition) is 2. The molecule has 1 aromatic carbocycles. The van der Waals surface area contributed by atoms with Gasteiger partial charge < -0.3 is 10.3 Å². The maximum absolute atomic E-state index is 5.74.